The summed E-state index contributed by atoms with van der Waals surface area (Å²) in [7, 11) is 0. The van der Waals surface area contributed by atoms with Crippen LogP contribution in [0.4, 0.5) is 9.80 Å². The number of carbonyl (C=O) groups excluding carboxylic acids is 4. The molecule has 2 N–H and O–H groups in total. The number of thiophene rings is 1. The molecule has 0 unspecified atom stereocenters. The van der Waals surface area contributed by atoms with Crippen molar-refractivity contribution in [3.8, 4) is 11.1 Å². The molecule has 1 aliphatic carbocycles. The highest BCUT2D eigenvalue weighted by Gasteiger charge is 2.32. The Morgan fingerprint density at radius 3 is 2.11 bits per heavy atom. The first-order valence-corrected chi connectivity index (χ1v) is 15.7. The third-order valence-electron chi connectivity index (χ3n) is 7.29. The van der Waals surface area contributed by atoms with E-state index in [1.54, 1.807) is 57.3 Å². The highest BCUT2D eigenvalue weighted by atomic mass is 35.5. The maximum Gasteiger partial charge on any atom is 0.407 e. The summed E-state index contributed by atoms with van der Waals surface area (Å²) in [4.78, 5) is 52.9. The number of alkyl carbamates (subject to hydrolysis) is 1. The Morgan fingerprint density at radius 2 is 1.51 bits per heavy atom. The minimum atomic E-state index is -1.34. The van der Waals surface area contributed by atoms with Crippen LogP contribution < -0.4 is 10.6 Å². The zero-order chi connectivity index (χ0) is 32.3. The summed E-state index contributed by atoms with van der Waals surface area (Å²) in [6.45, 7) is 6.93. The van der Waals surface area contributed by atoms with Gasteiger partial charge in [-0.3, -0.25) is 14.4 Å². The Labute approximate surface area is 270 Å². The monoisotopic (exact) mass is 644 g/mol. The van der Waals surface area contributed by atoms with E-state index in [0.29, 0.717) is 26.7 Å². The first-order valence-electron chi connectivity index (χ1n) is 14.4. The fourth-order valence-electron chi connectivity index (χ4n) is 5.30. The largest absolute Gasteiger partial charge is 0.460 e. The van der Waals surface area contributed by atoms with Gasteiger partial charge >= 0.3 is 12.1 Å². The van der Waals surface area contributed by atoms with Crippen LogP contribution in [0.15, 0.2) is 78.2 Å². The van der Waals surface area contributed by atoms with Gasteiger partial charge in [-0.1, -0.05) is 60.1 Å². The second kappa shape index (κ2) is 13.3. The van der Waals surface area contributed by atoms with Gasteiger partial charge in [0.05, 0.1) is 12.0 Å². The Hall–Kier alpha value is -4.47. The molecule has 1 heterocycles. The molecule has 45 heavy (non-hydrogen) atoms. The van der Waals surface area contributed by atoms with Crippen LogP contribution in [0.2, 0.25) is 5.02 Å². The summed E-state index contributed by atoms with van der Waals surface area (Å²) in [5.74, 6) is -1.85. The smallest absolute Gasteiger partial charge is 0.407 e. The summed E-state index contributed by atoms with van der Waals surface area (Å²) in [5, 5.41) is 7.83. The number of nitrogens with one attached hydrogen (secondary N) is 2. The van der Waals surface area contributed by atoms with Gasteiger partial charge in [0.2, 0.25) is 5.91 Å². The number of halogens is 1. The van der Waals surface area contributed by atoms with E-state index in [1.807, 2.05) is 48.5 Å². The Balaban J connectivity index is 1.32. The molecule has 0 saturated heterocycles. The topological polar surface area (TPSA) is 111 Å². The predicted octanol–water partition coefficient (Wildman–Crippen LogP) is 7.52. The molecule has 232 valence electrons. The number of hydrogen-bond acceptors (Lipinski definition) is 7. The summed E-state index contributed by atoms with van der Waals surface area (Å²) in [6, 6.07) is 21.0. The number of anilines is 1. The molecule has 0 spiro atoms. The fourth-order valence-corrected chi connectivity index (χ4v) is 6.37. The first kappa shape index (κ1) is 31.9. The number of fused-ring (bicyclic) bond motifs is 3. The van der Waals surface area contributed by atoms with Gasteiger partial charge in [-0.2, -0.15) is 0 Å². The van der Waals surface area contributed by atoms with Gasteiger partial charge in [0.15, 0.2) is 5.78 Å². The molecule has 0 fully saturated rings. The zero-order valence-electron chi connectivity index (χ0n) is 25.3. The van der Waals surface area contributed by atoms with Gasteiger partial charge < -0.3 is 20.1 Å². The average molecular weight is 645 g/mol. The molecule has 5 rings (SSSR count). The van der Waals surface area contributed by atoms with Crippen molar-refractivity contribution in [2.45, 2.75) is 51.7 Å². The molecular weight excluding hydrogens is 612 g/mol. The first-order chi connectivity index (χ1) is 21.4. The van der Waals surface area contributed by atoms with Gasteiger partial charge in [0.1, 0.15) is 23.3 Å². The van der Waals surface area contributed by atoms with Crippen LogP contribution in [0, 0.1) is 6.92 Å². The van der Waals surface area contributed by atoms with E-state index in [0.717, 1.165) is 22.3 Å². The van der Waals surface area contributed by atoms with Crippen molar-refractivity contribution in [2.75, 3.05) is 11.9 Å². The summed E-state index contributed by atoms with van der Waals surface area (Å²) in [5.41, 5.74) is 4.83. The van der Waals surface area contributed by atoms with Crippen molar-refractivity contribution >= 4 is 51.7 Å². The Morgan fingerprint density at radius 1 is 0.911 bits per heavy atom. The molecule has 1 aromatic heterocycles. The highest BCUT2D eigenvalue weighted by Crippen LogP contribution is 2.44. The lowest BCUT2D eigenvalue weighted by Crippen LogP contribution is -2.46. The number of rotatable bonds is 9. The van der Waals surface area contributed by atoms with E-state index in [2.05, 4.69) is 10.6 Å². The van der Waals surface area contributed by atoms with E-state index in [1.165, 1.54) is 11.3 Å². The van der Waals surface area contributed by atoms with Crippen molar-refractivity contribution in [3.05, 3.63) is 111 Å². The van der Waals surface area contributed by atoms with Crippen LogP contribution in [0.1, 0.15) is 65.7 Å². The maximum atomic E-state index is 13.6. The average Bonchev–Trinajstić information content (AvgIpc) is 3.51. The van der Waals surface area contributed by atoms with Gasteiger partial charge in [-0.05, 0) is 85.2 Å². The SMILES string of the molecule is Cc1csc(NC(=O)[C@H](CC(=O)OC(C)(C)C)NC(=O)OCC2c3ccccc3-c3ccccc32)c1C(=O)c1ccc(Cl)cc1. The zero-order valence-corrected chi connectivity index (χ0v) is 26.9. The van der Waals surface area contributed by atoms with Crippen molar-refractivity contribution in [1.82, 2.24) is 5.32 Å². The highest BCUT2D eigenvalue weighted by molar-refractivity contribution is 7.15. The number of carbonyl (C=O) groups is 4. The molecule has 1 aliphatic rings. The number of aryl methyl sites for hydroxylation is 1. The van der Waals surface area contributed by atoms with E-state index >= 15 is 0 Å². The summed E-state index contributed by atoms with van der Waals surface area (Å²) >= 11 is 7.16. The van der Waals surface area contributed by atoms with Crippen LogP contribution in [-0.4, -0.2) is 42.0 Å². The molecule has 2 amide bonds. The number of hydrogen-bond donors (Lipinski definition) is 2. The molecule has 10 heteroatoms. The normalized spacial score (nSPS) is 12.9. The molecule has 4 aromatic rings. The van der Waals surface area contributed by atoms with Gasteiger partial charge in [0.25, 0.3) is 0 Å². The molecule has 1 atom stereocenters. The van der Waals surface area contributed by atoms with Gasteiger partial charge in [-0.25, -0.2) is 4.79 Å². The summed E-state index contributed by atoms with van der Waals surface area (Å²) in [6.07, 6.45) is -1.31. The van der Waals surface area contributed by atoms with Crippen molar-refractivity contribution in [1.29, 1.82) is 0 Å². The molecular formula is C35H33ClN2O6S. The second-order valence-corrected chi connectivity index (χ2v) is 13.1. The minimum Gasteiger partial charge on any atom is -0.460 e. The number of benzene rings is 3. The van der Waals surface area contributed by atoms with Crippen molar-refractivity contribution < 1.29 is 28.7 Å². The van der Waals surface area contributed by atoms with E-state index < -0.39 is 36.0 Å². The molecule has 0 saturated carbocycles. The van der Waals surface area contributed by atoms with Crippen LogP contribution in [-0.2, 0) is 19.1 Å². The quantitative estimate of drug-likeness (QED) is 0.144. The standard InChI is InChI=1S/C35H33ClN2O6S/c1-20-19-45-33(30(20)31(40)21-13-15-22(36)16-14-21)38-32(41)28(17-29(39)44-35(2,3)4)37-34(42)43-18-27-25-11-7-5-9-23(25)24-10-6-8-12-26(24)27/h5-16,19,27-28H,17-18H2,1-4H3,(H,37,42)(H,38,41)/t28-/m0/s1. The third kappa shape index (κ3) is 7.44. The Bertz CT molecular complexity index is 1710. The molecule has 0 aliphatic heterocycles. The van der Waals surface area contributed by atoms with Crippen molar-refractivity contribution in [3.63, 3.8) is 0 Å². The van der Waals surface area contributed by atoms with Crippen LogP contribution in [0.3, 0.4) is 0 Å². The van der Waals surface area contributed by atoms with E-state index in [-0.39, 0.29) is 18.3 Å². The third-order valence-corrected chi connectivity index (χ3v) is 8.55. The van der Waals surface area contributed by atoms with E-state index in [9.17, 15) is 19.2 Å². The number of ether oxygens (including phenoxy) is 2. The molecule has 8 nitrogen and oxygen atoms in total. The number of esters is 1. The number of amides is 2. The van der Waals surface area contributed by atoms with Crippen LogP contribution in [0.5, 0.6) is 0 Å². The van der Waals surface area contributed by atoms with Gasteiger partial charge in [-0.15, -0.1) is 11.3 Å². The Kier molecular flexibility index (Phi) is 9.41. The fraction of sp³-hybridized carbons (Fsp3) is 0.257. The van der Waals surface area contributed by atoms with Crippen molar-refractivity contribution in [2.24, 2.45) is 0 Å². The summed E-state index contributed by atoms with van der Waals surface area (Å²) < 4.78 is 11.1. The maximum absolute atomic E-state index is 13.6. The lowest BCUT2D eigenvalue weighted by atomic mass is 9.98. The molecule has 0 bridgehead atoms. The lowest BCUT2D eigenvalue weighted by Gasteiger charge is -2.23. The van der Waals surface area contributed by atoms with Gasteiger partial charge in [0, 0.05) is 16.5 Å². The van der Waals surface area contributed by atoms with Crippen LogP contribution >= 0.6 is 22.9 Å². The van der Waals surface area contributed by atoms with E-state index in [4.69, 9.17) is 21.1 Å². The second-order valence-electron chi connectivity index (χ2n) is 11.8. The molecule has 3 aromatic carbocycles. The minimum absolute atomic E-state index is 0.0322. The predicted molar refractivity (Wildman–Crippen MR) is 175 cm³/mol. The lowest BCUT2D eigenvalue weighted by molar-refractivity contribution is -0.156. The molecule has 0 radical (unpaired) electrons. The number of ketones is 1. The van der Waals surface area contributed by atoms with Crippen LogP contribution in [0.25, 0.3) is 11.1 Å².